The number of pyridine rings is 1. The summed E-state index contributed by atoms with van der Waals surface area (Å²) in [6.45, 7) is 4.87. The zero-order valence-corrected chi connectivity index (χ0v) is 17.6. The molecule has 2 N–H and O–H groups in total. The lowest BCUT2D eigenvalue weighted by Crippen LogP contribution is -2.27. The third-order valence-corrected chi connectivity index (χ3v) is 5.10. The van der Waals surface area contributed by atoms with Gasteiger partial charge in [0.2, 0.25) is 0 Å². The molecule has 0 unspecified atom stereocenters. The smallest absolute Gasteiger partial charge is 0.253 e. The van der Waals surface area contributed by atoms with Crippen molar-refractivity contribution in [3.63, 3.8) is 0 Å². The van der Waals surface area contributed by atoms with Gasteiger partial charge in [0, 0.05) is 36.3 Å². The Morgan fingerprint density at radius 2 is 2.06 bits per heavy atom. The molecular weight excluding hydrogens is 394 g/mol. The van der Waals surface area contributed by atoms with Crippen molar-refractivity contribution in [3.8, 4) is 5.82 Å². The zero-order chi connectivity index (χ0) is 21.8. The van der Waals surface area contributed by atoms with Crippen LogP contribution in [0.3, 0.4) is 0 Å². The Bertz CT molecular complexity index is 1080. The molecule has 1 fully saturated rings. The minimum absolute atomic E-state index is 0.177. The third-order valence-electron chi connectivity index (χ3n) is 5.10. The lowest BCUT2D eigenvalue weighted by Gasteiger charge is -2.11. The van der Waals surface area contributed by atoms with Crippen LogP contribution in [-0.4, -0.2) is 39.3 Å². The largest absolute Gasteiger partial charge is 0.368 e. The normalized spacial score (nSPS) is 15.6. The van der Waals surface area contributed by atoms with Crippen molar-refractivity contribution in [1.29, 1.82) is 0 Å². The molecule has 1 aromatic carbocycles. The standard InChI is InChI=1S/C23H25N5O3/c1-15-11-16(2)28(27-15)21-9-8-17(13-24-21)14-25-22(29)18-5-3-6-19(12-18)26-23(30)20-7-4-10-31-20/h3,5-6,8-9,11-13,20H,4,7,10,14H2,1-2H3,(H,25,29)(H,26,30)/t20-/m1/s1. The molecule has 160 valence electrons. The fourth-order valence-corrected chi connectivity index (χ4v) is 3.54. The maximum atomic E-state index is 12.6. The van der Waals surface area contributed by atoms with Crippen LogP contribution in [0, 0.1) is 13.8 Å². The number of carbonyl (C=O) groups is 2. The van der Waals surface area contributed by atoms with Crippen molar-refractivity contribution in [2.75, 3.05) is 11.9 Å². The summed E-state index contributed by atoms with van der Waals surface area (Å²) in [4.78, 5) is 29.2. The van der Waals surface area contributed by atoms with Crippen LogP contribution in [0.1, 0.15) is 40.2 Å². The highest BCUT2D eigenvalue weighted by molar-refractivity contribution is 5.98. The van der Waals surface area contributed by atoms with Gasteiger partial charge in [-0.2, -0.15) is 5.10 Å². The van der Waals surface area contributed by atoms with E-state index in [-0.39, 0.29) is 11.8 Å². The summed E-state index contributed by atoms with van der Waals surface area (Å²) in [5.74, 6) is 0.329. The van der Waals surface area contributed by atoms with Crippen LogP contribution in [0.2, 0.25) is 0 Å². The molecule has 0 spiro atoms. The maximum absolute atomic E-state index is 12.6. The lowest BCUT2D eigenvalue weighted by molar-refractivity contribution is -0.124. The van der Waals surface area contributed by atoms with E-state index in [0.717, 1.165) is 35.6 Å². The average molecular weight is 419 g/mol. The molecule has 1 atom stereocenters. The maximum Gasteiger partial charge on any atom is 0.253 e. The van der Waals surface area contributed by atoms with Crippen LogP contribution in [0.4, 0.5) is 5.69 Å². The summed E-state index contributed by atoms with van der Waals surface area (Å²) in [6.07, 6.45) is 2.92. The number of hydrogen-bond donors (Lipinski definition) is 2. The number of benzene rings is 1. The number of aryl methyl sites for hydroxylation is 2. The Morgan fingerprint density at radius 3 is 2.74 bits per heavy atom. The summed E-state index contributed by atoms with van der Waals surface area (Å²) < 4.78 is 7.18. The van der Waals surface area contributed by atoms with Gasteiger partial charge in [0.25, 0.3) is 11.8 Å². The number of aromatic nitrogens is 3. The van der Waals surface area contributed by atoms with Gasteiger partial charge in [-0.25, -0.2) is 9.67 Å². The SMILES string of the molecule is Cc1cc(C)n(-c2ccc(CNC(=O)c3cccc(NC(=O)[C@H]4CCCO4)c3)cn2)n1. The number of anilines is 1. The number of hydrogen-bond acceptors (Lipinski definition) is 5. The molecule has 8 heteroatoms. The molecule has 0 radical (unpaired) electrons. The number of amides is 2. The first kappa shape index (κ1) is 20.7. The number of nitrogens with zero attached hydrogens (tertiary/aromatic N) is 3. The predicted molar refractivity (Wildman–Crippen MR) is 116 cm³/mol. The second-order valence-corrected chi connectivity index (χ2v) is 7.62. The van der Waals surface area contributed by atoms with E-state index >= 15 is 0 Å². The molecule has 3 heterocycles. The molecule has 31 heavy (non-hydrogen) atoms. The van der Waals surface area contributed by atoms with Gasteiger partial charge in [0.15, 0.2) is 5.82 Å². The average Bonchev–Trinajstić information content (AvgIpc) is 3.42. The fourth-order valence-electron chi connectivity index (χ4n) is 3.54. The van der Waals surface area contributed by atoms with Crippen LogP contribution in [0.15, 0.2) is 48.7 Å². The van der Waals surface area contributed by atoms with Gasteiger partial charge >= 0.3 is 0 Å². The molecule has 3 aromatic rings. The monoisotopic (exact) mass is 419 g/mol. The fraction of sp³-hybridized carbons (Fsp3) is 0.304. The summed E-state index contributed by atoms with van der Waals surface area (Å²) in [6, 6.07) is 12.6. The lowest BCUT2D eigenvalue weighted by atomic mass is 10.1. The van der Waals surface area contributed by atoms with Crippen LogP contribution in [-0.2, 0) is 16.1 Å². The summed E-state index contributed by atoms with van der Waals surface area (Å²) in [7, 11) is 0. The second kappa shape index (κ2) is 9.09. The number of carbonyl (C=O) groups excluding carboxylic acids is 2. The Balaban J connectivity index is 1.35. The molecule has 1 saturated heterocycles. The van der Waals surface area contributed by atoms with Crippen LogP contribution < -0.4 is 10.6 Å². The van der Waals surface area contributed by atoms with Gasteiger partial charge in [0.05, 0.1) is 5.69 Å². The number of ether oxygens (including phenoxy) is 1. The van der Waals surface area contributed by atoms with E-state index in [1.54, 1.807) is 35.1 Å². The van der Waals surface area contributed by atoms with Gasteiger partial charge in [-0.15, -0.1) is 0 Å². The van der Waals surface area contributed by atoms with E-state index in [1.807, 2.05) is 32.0 Å². The minimum atomic E-state index is -0.414. The highest BCUT2D eigenvalue weighted by atomic mass is 16.5. The minimum Gasteiger partial charge on any atom is -0.368 e. The molecule has 0 aliphatic carbocycles. The van der Waals surface area contributed by atoms with E-state index in [2.05, 4.69) is 20.7 Å². The van der Waals surface area contributed by atoms with Crippen molar-refractivity contribution < 1.29 is 14.3 Å². The Hall–Kier alpha value is -3.52. The van der Waals surface area contributed by atoms with Crippen LogP contribution >= 0.6 is 0 Å². The van der Waals surface area contributed by atoms with Gasteiger partial charge < -0.3 is 15.4 Å². The van der Waals surface area contributed by atoms with E-state index in [1.165, 1.54) is 0 Å². The van der Waals surface area contributed by atoms with Crippen LogP contribution in [0.25, 0.3) is 5.82 Å². The van der Waals surface area contributed by atoms with Gasteiger partial charge in [0.1, 0.15) is 6.10 Å². The zero-order valence-electron chi connectivity index (χ0n) is 17.6. The highest BCUT2D eigenvalue weighted by Crippen LogP contribution is 2.16. The molecule has 1 aliphatic rings. The van der Waals surface area contributed by atoms with E-state index in [4.69, 9.17) is 4.74 Å². The predicted octanol–water partition coefficient (Wildman–Crippen LogP) is 2.93. The molecule has 8 nitrogen and oxygen atoms in total. The molecule has 2 amide bonds. The topological polar surface area (TPSA) is 98.1 Å². The molecule has 2 aromatic heterocycles. The number of rotatable bonds is 6. The Kier molecular flexibility index (Phi) is 6.08. The van der Waals surface area contributed by atoms with Crippen LogP contribution in [0.5, 0.6) is 0 Å². The molecule has 4 rings (SSSR count). The van der Waals surface area contributed by atoms with Crippen molar-refractivity contribution in [2.24, 2.45) is 0 Å². The van der Waals surface area contributed by atoms with Gasteiger partial charge in [-0.05, 0) is 62.6 Å². The molecule has 0 saturated carbocycles. The van der Waals surface area contributed by atoms with E-state index in [9.17, 15) is 9.59 Å². The Labute approximate surface area is 180 Å². The number of nitrogens with one attached hydrogen (secondary N) is 2. The first-order valence-corrected chi connectivity index (χ1v) is 10.3. The Morgan fingerprint density at radius 1 is 1.19 bits per heavy atom. The first-order chi connectivity index (χ1) is 15.0. The third kappa shape index (κ3) is 4.97. The van der Waals surface area contributed by atoms with E-state index < -0.39 is 6.10 Å². The highest BCUT2D eigenvalue weighted by Gasteiger charge is 2.23. The van der Waals surface area contributed by atoms with Crippen molar-refractivity contribution in [2.45, 2.75) is 39.3 Å². The summed E-state index contributed by atoms with van der Waals surface area (Å²) >= 11 is 0. The molecular formula is C23H25N5O3. The van der Waals surface area contributed by atoms with Crippen molar-refractivity contribution >= 4 is 17.5 Å². The molecule has 1 aliphatic heterocycles. The van der Waals surface area contributed by atoms with Crippen molar-refractivity contribution in [1.82, 2.24) is 20.1 Å². The van der Waals surface area contributed by atoms with Gasteiger partial charge in [-0.1, -0.05) is 12.1 Å². The molecule has 0 bridgehead atoms. The van der Waals surface area contributed by atoms with E-state index in [0.29, 0.717) is 24.4 Å². The first-order valence-electron chi connectivity index (χ1n) is 10.3. The quantitative estimate of drug-likeness (QED) is 0.640. The van der Waals surface area contributed by atoms with Gasteiger partial charge in [-0.3, -0.25) is 9.59 Å². The van der Waals surface area contributed by atoms with Crippen molar-refractivity contribution in [3.05, 3.63) is 71.2 Å². The second-order valence-electron chi connectivity index (χ2n) is 7.62. The summed E-state index contributed by atoms with van der Waals surface area (Å²) in [5.41, 5.74) is 3.87. The summed E-state index contributed by atoms with van der Waals surface area (Å²) in [5, 5.41) is 10.1.